The zero-order valence-electron chi connectivity index (χ0n) is 18.1. The minimum atomic E-state index is -0.214. The van der Waals surface area contributed by atoms with Gasteiger partial charge in [0.2, 0.25) is 0 Å². The Kier molecular flexibility index (Phi) is 6.90. The zero-order chi connectivity index (χ0) is 23.0. The maximum absolute atomic E-state index is 12.8. The molecule has 8 nitrogen and oxygen atoms in total. The molecule has 0 spiro atoms. The van der Waals surface area contributed by atoms with Gasteiger partial charge in [0.15, 0.2) is 5.76 Å². The molecule has 0 atom stereocenters. The summed E-state index contributed by atoms with van der Waals surface area (Å²) in [5, 5.41) is 11.7. The van der Waals surface area contributed by atoms with Crippen LogP contribution in [0.3, 0.4) is 0 Å². The third kappa shape index (κ3) is 5.52. The predicted molar refractivity (Wildman–Crippen MR) is 122 cm³/mol. The first-order chi connectivity index (χ1) is 16.1. The topological polar surface area (TPSA) is 98.8 Å². The van der Waals surface area contributed by atoms with E-state index in [4.69, 9.17) is 14.4 Å². The molecule has 1 aliphatic rings. The molecule has 2 heterocycles. The van der Waals surface area contributed by atoms with Gasteiger partial charge in [-0.1, -0.05) is 30.3 Å². The van der Waals surface area contributed by atoms with Gasteiger partial charge in [-0.05, 0) is 35.9 Å². The van der Waals surface area contributed by atoms with Crippen molar-refractivity contribution in [2.75, 3.05) is 31.5 Å². The number of nitriles is 1. The highest BCUT2D eigenvalue weighted by molar-refractivity contribution is 5.92. The number of amides is 3. The first-order valence-corrected chi connectivity index (χ1v) is 10.7. The van der Waals surface area contributed by atoms with Gasteiger partial charge >= 0.3 is 6.03 Å². The molecule has 168 valence electrons. The molecule has 33 heavy (non-hydrogen) atoms. The summed E-state index contributed by atoms with van der Waals surface area (Å²) in [5.41, 5.74) is 2.46. The smallest absolute Gasteiger partial charge is 0.321 e. The second-order valence-corrected chi connectivity index (χ2v) is 7.61. The van der Waals surface area contributed by atoms with Gasteiger partial charge in [0.1, 0.15) is 12.4 Å². The number of benzene rings is 2. The molecule has 3 amide bonds. The van der Waals surface area contributed by atoms with Gasteiger partial charge in [0.05, 0.1) is 18.8 Å². The van der Waals surface area contributed by atoms with Crippen LogP contribution >= 0.6 is 0 Å². The van der Waals surface area contributed by atoms with E-state index in [2.05, 4.69) is 11.4 Å². The number of anilines is 1. The molecule has 1 N–H and O–H groups in total. The van der Waals surface area contributed by atoms with Crippen molar-refractivity contribution in [3.05, 3.63) is 83.8 Å². The van der Waals surface area contributed by atoms with E-state index in [1.165, 1.54) is 6.26 Å². The van der Waals surface area contributed by atoms with Crippen molar-refractivity contribution in [1.29, 1.82) is 5.26 Å². The first-order valence-electron chi connectivity index (χ1n) is 10.7. The molecule has 0 unspecified atom stereocenters. The van der Waals surface area contributed by atoms with Crippen LogP contribution in [0.2, 0.25) is 0 Å². The van der Waals surface area contributed by atoms with Gasteiger partial charge < -0.3 is 24.3 Å². The van der Waals surface area contributed by atoms with E-state index in [1.54, 1.807) is 21.9 Å². The molecule has 2 aromatic carbocycles. The normalized spacial score (nSPS) is 13.3. The van der Waals surface area contributed by atoms with E-state index in [0.717, 1.165) is 11.1 Å². The highest BCUT2D eigenvalue weighted by Crippen LogP contribution is 2.20. The fraction of sp³-hybridized carbons (Fsp3) is 0.240. The quantitative estimate of drug-likeness (QED) is 0.621. The molecular formula is C25H24N4O4. The highest BCUT2D eigenvalue weighted by Gasteiger charge is 2.26. The number of piperazine rings is 1. The summed E-state index contributed by atoms with van der Waals surface area (Å²) in [4.78, 5) is 28.6. The van der Waals surface area contributed by atoms with Crippen molar-refractivity contribution in [2.24, 2.45) is 0 Å². The molecule has 0 aliphatic carbocycles. The number of carbonyl (C=O) groups is 2. The zero-order valence-corrected chi connectivity index (χ0v) is 18.1. The van der Waals surface area contributed by atoms with Gasteiger partial charge in [0.25, 0.3) is 5.91 Å². The van der Waals surface area contributed by atoms with Crippen LogP contribution in [0, 0.1) is 11.3 Å². The third-order valence-electron chi connectivity index (χ3n) is 5.45. The molecular weight excluding hydrogens is 420 g/mol. The number of furan rings is 1. The largest absolute Gasteiger partial charge is 0.489 e. The van der Waals surface area contributed by atoms with Crippen LogP contribution in [-0.2, 0) is 13.0 Å². The van der Waals surface area contributed by atoms with Gasteiger partial charge in [-0.25, -0.2) is 4.79 Å². The maximum atomic E-state index is 12.8. The summed E-state index contributed by atoms with van der Waals surface area (Å²) in [7, 11) is 0. The number of carbonyl (C=O) groups excluding carboxylic acids is 2. The summed E-state index contributed by atoms with van der Waals surface area (Å²) in [6.07, 6.45) is 1.84. The average Bonchev–Trinajstić information content (AvgIpc) is 3.39. The van der Waals surface area contributed by atoms with Crippen LogP contribution in [0.15, 0.2) is 71.3 Å². The van der Waals surface area contributed by atoms with E-state index in [9.17, 15) is 9.59 Å². The summed E-state index contributed by atoms with van der Waals surface area (Å²) in [5.74, 6) is 0.833. The molecule has 1 saturated heterocycles. The average molecular weight is 444 g/mol. The second kappa shape index (κ2) is 10.4. The van der Waals surface area contributed by atoms with E-state index in [-0.39, 0.29) is 11.9 Å². The molecule has 1 aliphatic heterocycles. The number of para-hydroxylation sites is 1. The van der Waals surface area contributed by atoms with Gasteiger partial charge in [-0.3, -0.25) is 4.79 Å². The minimum absolute atomic E-state index is 0.164. The van der Waals surface area contributed by atoms with Crippen molar-refractivity contribution in [3.8, 4) is 11.8 Å². The van der Waals surface area contributed by atoms with Crippen molar-refractivity contribution < 1.29 is 18.7 Å². The predicted octanol–water partition coefficient (Wildman–Crippen LogP) is 3.91. The Hall–Kier alpha value is -4.25. The van der Waals surface area contributed by atoms with Gasteiger partial charge in [-0.15, -0.1) is 0 Å². The Labute approximate surface area is 192 Å². The monoisotopic (exact) mass is 444 g/mol. The molecule has 1 aromatic heterocycles. The molecule has 0 radical (unpaired) electrons. The van der Waals surface area contributed by atoms with E-state index < -0.39 is 0 Å². The first kappa shape index (κ1) is 22.0. The Bertz CT molecular complexity index is 1130. The number of hydrogen-bond acceptors (Lipinski definition) is 5. The number of rotatable bonds is 6. The molecule has 3 aromatic rings. The lowest BCUT2D eigenvalue weighted by Gasteiger charge is -2.34. The number of hydrogen-bond donors (Lipinski definition) is 1. The fourth-order valence-electron chi connectivity index (χ4n) is 3.59. The number of ether oxygens (including phenoxy) is 1. The van der Waals surface area contributed by atoms with Crippen LogP contribution < -0.4 is 10.1 Å². The Balaban J connectivity index is 1.31. The summed E-state index contributed by atoms with van der Waals surface area (Å²) in [6, 6.07) is 20.1. The van der Waals surface area contributed by atoms with E-state index in [1.807, 2.05) is 48.5 Å². The highest BCUT2D eigenvalue weighted by atomic mass is 16.5. The lowest BCUT2D eigenvalue weighted by Crippen LogP contribution is -2.51. The molecule has 0 bridgehead atoms. The summed E-state index contributed by atoms with van der Waals surface area (Å²) in [6.45, 7) is 2.05. The minimum Gasteiger partial charge on any atom is -0.489 e. The fourth-order valence-corrected chi connectivity index (χ4v) is 3.59. The van der Waals surface area contributed by atoms with Crippen molar-refractivity contribution in [2.45, 2.75) is 13.0 Å². The SMILES string of the molecule is N#CCc1ccc(OCc2ccccc2NC(=O)N2CCN(C(=O)c3ccco3)CC2)cc1. The number of nitrogens with zero attached hydrogens (tertiary/aromatic N) is 3. The summed E-state index contributed by atoms with van der Waals surface area (Å²) < 4.78 is 11.0. The van der Waals surface area contributed by atoms with Crippen LogP contribution in [-0.4, -0.2) is 47.9 Å². The van der Waals surface area contributed by atoms with Crippen molar-refractivity contribution in [1.82, 2.24) is 9.80 Å². The molecule has 0 saturated carbocycles. The summed E-state index contributed by atoms with van der Waals surface area (Å²) >= 11 is 0. The molecule has 4 rings (SSSR count). The third-order valence-corrected chi connectivity index (χ3v) is 5.45. The van der Waals surface area contributed by atoms with E-state index in [0.29, 0.717) is 56.4 Å². The van der Waals surface area contributed by atoms with Crippen LogP contribution in [0.4, 0.5) is 10.5 Å². The van der Waals surface area contributed by atoms with Crippen molar-refractivity contribution >= 4 is 17.6 Å². The number of urea groups is 1. The molecule has 8 heteroatoms. The lowest BCUT2D eigenvalue weighted by atomic mass is 10.1. The Morgan fingerprint density at radius 3 is 2.39 bits per heavy atom. The molecule has 1 fully saturated rings. The van der Waals surface area contributed by atoms with Crippen LogP contribution in [0.5, 0.6) is 5.75 Å². The number of nitrogens with one attached hydrogen (secondary N) is 1. The standard InChI is InChI=1S/C25H24N4O4/c26-12-11-19-7-9-21(10-8-19)33-18-20-4-1-2-5-22(20)27-25(31)29-15-13-28(14-16-29)24(30)23-6-3-17-32-23/h1-10,17H,11,13-16,18H2,(H,27,31). The lowest BCUT2D eigenvalue weighted by molar-refractivity contribution is 0.0640. The Morgan fingerprint density at radius 2 is 1.70 bits per heavy atom. The Morgan fingerprint density at radius 1 is 0.970 bits per heavy atom. The van der Waals surface area contributed by atoms with Crippen molar-refractivity contribution in [3.63, 3.8) is 0 Å². The van der Waals surface area contributed by atoms with Crippen LogP contribution in [0.1, 0.15) is 21.7 Å². The van der Waals surface area contributed by atoms with Gasteiger partial charge in [-0.2, -0.15) is 5.26 Å². The van der Waals surface area contributed by atoms with Crippen LogP contribution in [0.25, 0.3) is 0 Å². The maximum Gasteiger partial charge on any atom is 0.321 e. The van der Waals surface area contributed by atoms with Gasteiger partial charge in [0, 0.05) is 37.4 Å². The second-order valence-electron chi connectivity index (χ2n) is 7.61. The van der Waals surface area contributed by atoms with E-state index >= 15 is 0 Å².